The summed E-state index contributed by atoms with van der Waals surface area (Å²) in [7, 11) is 0. The van der Waals surface area contributed by atoms with Gasteiger partial charge in [-0.3, -0.25) is 9.59 Å². The van der Waals surface area contributed by atoms with Crippen LogP contribution < -0.4 is 15.8 Å². The summed E-state index contributed by atoms with van der Waals surface area (Å²) >= 11 is 0. The normalized spacial score (nSPS) is 28.8. The molecule has 2 saturated carbocycles. The van der Waals surface area contributed by atoms with Crippen LogP contribution in [-0.4, -0.2) is 128 Å². The van der Waals surface area contributed by atoms with E-state index in [4.69, 9.17) is 24.7 Å². The van der Waals surface area contributed by atoms with E-state index < -0.39 is 96.1 Å². The summed E-state index contributed by atoms with van der Waals surface area (Å²) in [6, 6.07) is 16.7. The highest BCUT2D eigenvalue weighted by molar-refractivity contribution is 6.01. The third kappa shape index (κ3) is 10.8. The van der Waals surface area contributed by atoms with Crippen molar-refractivity contribution in [3.05, 3.63) is 95.1 Å². The Morgan fingerprint density at radius 3 is 2.37 bits per heavy atom. The molecule has 67 heavy (non-hydrogen) atoms. The highest BCUT2D eigenvalue weighted by Gasteiger charge is 2.73. The zero-order valence-corrected chi connectivity index (χ0v) is 37.6. The summed E-state index contributed by atoms with van der Waals surface area (Å²) in [4.78, 5) is 42.8. The van der Waals surface area contributed by atoms with Crippen molar-refractivity contribution in [1.29, 1.82) is 0 Å². The number of nitrogens with one attached hydrogen (secondary N) is 1. The molecular formula is C51H64N2O14. The minimum Gasteiger partial charge on any atom is -0.504 e. The molecule has 3 aromatic rings. The smallest absolute Gasteiger partial charge is 0.336 e. The summed E-state index contributed by atoms with van der Waals surface area (Å²) < 4.78 is 25.9. The number of ketones is 2. The van der Waals surface area contributed by atoms with Crippen molar-refractivity contribution in [1.82, 2.24) is 5.32 Å². The number of benzene rings is 3. The molecule has 4 aliphatic rings. The average Bonchev–Trinajstić information content (AvgIpc) is 3.32. The van der Waals surface area contributed by atoms with Crippen molar-refractivity contribution in [2.75, 3.05) is 39.5 Å². The molecule has 7 rings (SSSR count). The molecule has 2 saturated heterocycles. The molecule has 8 atom stereocenters. The fourth-order valence-corrected chi connectivity index (χ4v) is 10.8. The largest absolute Gasteiger partial charge is 0.504 e. The summed E-state index contributed by atoms with van der Waals surface area (Å²) in [5.41, 5.74) is 1.60. The van der Waals surface area contributed by atoms with Crippen LogP contribution in [-0.2, 0) is 41.6 Å². The predicted molar refractivity (Wildman–Crippen MR) is 246 cm³/mol. The van der Waals surface area contributed by atoms with Gasteiger partial charge in [0, 0.05) is 44.0 Å². The lowest BCUT2D eigenvalue weighted by Crippen LogP contribution is -2.80. The number of aryl methyl sites for hydroxylation is 1. The highest BCUT2D eigenvalue weighted by atomic mass is 16.6. The molecule has 2 bridgehead atoms. The first kappa shape index (κ1) is 49.7. The van der Waals surface area contributed by atoms with Crippen molar-refractivity contribution in [2.45, 2.75) is 106 Å². The molecule has 0 spiro atoms. The van der Waals surface area contributed by atoms with Gasteiger partial charge in [0.05, 0.1) is 19.3 Å². The van der Waals surface area contributed by atoms with Crippen LogP contribution >= 0.6 is 0 Å². The molecule has 8 unspecified atom stereocenters. The molecule has 2 heterocycles. The van der Waals surface area contributed by atoms with E-state index in [1.165, 1.54) is 48.6 Å². The van der Waals surface area contributed by atoms with Crippen LogP contribution in [0.1, 0.15) is 80.0 Å². The number of carbonyl (C=O) groups is 3. The van der Waals surface area contributed by atoms with E-state index in [2.05, 4.69) is 5.32 Å². The first-order valence-electron chi connectivity index (χ1n) is 23.3. The van der Waals surface area contributed by atoms with Gasteiger partial charge in [-0.15, -0.1) is 0 Å². The Kier molecular flexibility index (Phi) is 16.2. The number of phenols is 3. The van der Waals surface area contributed by atoms with Crippen molar-refractivity contribution in [2.24, 2.45) is 23.5 Å². The number of aliphatic carboxylic acids is 1. The second-order valence-corrected chi connectivity index (χ2v) is 18.5. The monoisotopic (exact) mass is 928 g/mol. The number of rotatable bonds is 20. The number of fused-ring (bicyclic) bond motifs is 1. The lowest BCUT2D eigenvalue weighted by atomic mass is 9.55. The van der Waals surface area contributed by atoms with E-state index in [0.717, 1.165) is 37.7 Å². The molecule has 0 amide bonds. The third-order valence-electron chi connectivity index (χ3n) is 14.2. The van der Waals surface area contributed by atoms with Crippen LogP contribution in [0.5, 0.6) is 23.0 Å². The molecule has 3 aromatic carbocycles. The second kappa shape index (κ2) is 21.8. The summed E-state index contributed by atoms with van der Waals surface area (Å²) in [6.07, 6.45) is 7.79. The molecular weight excluding hydrogens is 865 g/mol. The van der Waals surface area contributed by atoms with Gasteiger partial charge < -0.3 is 65.7 Å². The van der Waals surface area contributed by atoms with Crippen molar-refractivity contribution in [3.8, 4) is 23.0 Å². The predicted octanol–water partition coefficient (Wildman–Crippen LogP) is 4.19. The number of phenolic OH excluding ortho intramolecular Hbond substituents is 3. The van der Waals surface area contributed by atoms with Gasteiger partial charge >= 0.3 is 5.97 Å². The van der Waals surface area contributed by atoms with Gasteiger partial charge in [0.15, 0.2) is 40.2 Å². The number of carboxylic acid groups (broad SMARTS) is 1. The number of aliphatic hydroxyl groups is 3. The summed E-state index contributed by atoms with van der Waals surface area (Å²) in [6.45, 7) is -1.41. The van der Waals surface area contributed by atoms with Crippen LogP contribution in [0.3, 0.4) is 0 Å². The van der Waals surface area contributed by atoms with E-state index in [1.54, 1.807) is 6.07 Å². The lowest BCUT2D eigenvalue weighted by Gasteiger charge is -2.65. The molecule has 2 aliphatic heterocycles. The Hall–Kier alpha value is -5.17. The topological polar surface area (TPSA) is 268 Å². The van der Waals surface area contributed by atoms with E-state index in [0.29, 0.717) is 18.4 Å². The van der Waals surface area contributed by atoms with Gasteiger partial charge in [0.2, 0.25) is 0 Å². The molecule has 16 heteroatoms. The van der Waals surface area contributed by atoms with E-state index in [-0.39, 0.29) is 73.7 Å². The first-order valence-corrected chi connectivity index (χ1v) is 23.3. The number of nitrogens with two attached hydrogens (primary N) is 1. The molecule has 362 valence electrons. The lowest BCUT2D eigenvalue weighted by molar-refractivity contribution is -0.345. The Bertz CT molecular complexity index is 2260. The van der Waals surface area contributed by atoms with Crippen LogP contribution in [0.2, 0.25) is 0 Å². The Balaban J connectivity index is 1.29. The maximum atomic E-state index is 15.3. The van der Waals surface area contributed by atoms with Gasteiger partial charge in [0.25, 0.3) is 0 Å². The standard InChI is InChI=1S/C51H64N2O14/c52-19-20-64-44-17-14-33(21-42(44)59)13-16-39(56)30-66-50(48(62)63)26-43(60)47-51(31-53-38-9-5-2-6-10-38)45(50)24-37(28-55)49(67-51,25-34(29-65-47)12-11-32-7-3-1-4-8-32)46(61)18-15-35-22-40(57)41(58)23-36(35)27-54/h1,3-4,7-8,13-18,21-23,34,37-38,43,45,47,53-55,57-60H,2,5-6,9-12,19-20,24-31,52H2,(H,62,63). The zero-order valence-electron chi connectivity index (χ0n) is 37.6. The quantitative estimate of drug-likeness (QED) is 0.0568. The number of hydrogen-bond donors (Lipinski definition) is 9. The number of aromatic hydroxyl groups is 3. The summed E-state index contributed by atoms with van der Waals surface area (Å²) in [5.74, 6) is -6.09. The van der Waals surface area contributed by atoms with Crippen LogP contribution in [0.4, 0.5) is 0 Å². The average molecular weight is 929 g/mol. The Morgan fingerprint density at radius 1 is 0.910 bits per heavy atom. The first-order chi connectivity index (χ1) is 32.3. The van der Waals surface area contributed by atoms with Crippen molar-refractivity contribution in [3.63, 3.8) is 0 Å². The Morgan fingerprint density at radius 2 is 1.67 bits per heavy atom. The summed E-state index contributed by atoms with van der Waals surface area (Å²) in [5, 5.41) is 79.8. The van der Waals surface area contributed by atoms with Crippen LogP contribution in [0, 0.1) is 17.8 Å². The van der Waals surface area contributed by atoms with Crippen molar-refractivity contribution < 1.29 is 69.1 Å². The molecule has 16 nitrogen and oxygen atoms in total. The highest BCUT2D eigenvalue weighted by Crippen LogP contribution is 2.58. The molecule has 4 fully saturated rings. The van der Waals surface area contributed by atoms with Gasteiger partial charge in [-0.05, 0) is 103 Å². The molecule has 10 N–H and O–H groups in total. The number of carboxylic acids is 1. The maximum absolute atomic E-state index is 15.3. The second-order valence-electron chi connectivity index (χ2n) is 18.5. The van der Waals surface area contributed by atoms with E-state index >= 15 is 4.79 Å². The van der Waals surface area contributed by atoms with Crippen LogP contribution in [0.15, 0.2) is 72.8 Å². The van der Waals surface area contributed by atoms with Crippen LogP contribution in [0.25, 0.3) is 12.2 Å². The van der Waals surface area contributed by atoms with E-state index in [1.807, 2.05) is 30.3 Å². The number of carbonyl (C=O) groups excluding carboxylic acids is 2. The minimum absolute atomic E-state index is 0.000818. The fourth-order valence-electron chi connectivity index (χ4n) is 10.8. The SMILES string of the molecule is NCCOc1ccc(C=CC(=O)COC2(C(=O)O)CC(O)C3OCC(CCc4ccccc4)CC4(C(=O)C=Cc5cc(O)c(O)cc5CO)OC3(CNC3CCCCC3)C2CC4CO)cc1O. The third-order valence-corrected chi connectivity index (χ3v) is 14.2. The fraction of sp³-hybridized carbons (Fsp3) is 0.510. The minimum atomic E-state index is -2.28. The van der Waals surface area contributed by atoms with Crippen molar-refractivity contribution >= 4 is 29.7 Å². The maximum Gasteiger partial charge on any atom is 0.336 e. The van der Waals surface area contributed by atoms with E-state index in [9.17, 15) is 45.3 Å². The zero-order chi connectivity index (χ0) is 47.8. The number of ether oxygens (including phenoxy) is 4. The van der Waals surface area contributed by atoms with Gasteiger partial charge in [-0.2, -0.15) is 0 Å². The molecule has 0 aromatic heterocycles. The van der Waals surface area contributed by atoms with Gasteiger partial charge in [-0.25, -0.2) is 4.79 Å². The van der Waals surface area contributed by atoms with Gasteiger partial charge in [-0.1, -0.05) is 67.8 Å². The Labute approximate surface area is 390 Å². The molecule has 0 radical (unpaired) electrons. The number of hydrogen-bond acceptors (Lipinski definition) is 15. The number of aliphatic hydroxyl groups excluding tert-OH is 3. The van der Waals surface area contributed by atoms with Gasteiger partial charge in [0.1, 0.15) is 30.5 Å². The molecule has 2 aliphatic carbocycles.